The zero-order valence-electron chi connectivity index (χ0n) is 14.2. The molecular weight excluding hydrogens is 366 g/mol. The molecule has 0 aromatic heterocycles. The number of para-hydroxylation sites is 2. The van der Waals surface area contributed by atoms with Gasteiger partial charge < -0.3 is 9.64 Å². The van der Waals surface area contributed by atoms with Gasteiger partial charge in [0.05, 0.1) is 11.4 Å². The summed E-state index contributed by atoms with van der Waals surface area (Å²) in [5, 5.41) is 0. The Kier molecular flexibility index (Phi) is 5.76. The van der Waals surface area contributed by atoms with Gasteiger partial charge in [-0.15, -0.1) is 0 Å². The van der Waals surface area contributed by atoms with E-state index in [0.29, 0.717) is 12.3 Å². The highest BCUT2D eigenvalue weighted by molar-refractivity contribution is 7.89. The number of anilines is 1. The van der Waals surface area contributed by atoms with Crippen molar-refractivity contribution in [2.45, 2.75) is 44.8 Å². The molecule has 1 N–H and O–H groups in total. The van der Waals surface area contributed by atoms with E-state index in [1.807, 2.05) is 0 Å². The highest BCUT2D eigenvalue weighted by Crippen LogP contribution is 2.33. The number of sulfonamides is 1. The number of nitrogens with one attached hydrogen (secondary N) is 1. The van der Waals surface area contributed by atoms with E-state index in [9.17, 15) is 22.0 Å². The van der Waals surface area contributed by atoms with Crippen LogP contribution >= 0.6 is 0 Å². The van der Waals surface area contributed by atoms with Crippen LogP contribution < -0.4 is 14.4 Å². The molecule has 1 heterocycles. The van der Waals surface area contributed by atoms with Crippen LogP contribution in [0.25, 0.3) is 0 Å². The van der Waals surface area contributed by atoms with E-state index in [4.69, 9.17) is 0 Å². The molecule has 2 fully saturated rings. The number of alkyl halides is 2. The van der Waals surface area contributed by atoms with Crippen molar-refractivity contribution in [2.75, 3.05) is 17.2 Å². The number of nitrogens with zero attached hydrogens (tertiary/aromatic N) is 1. The van der Waals surface area contributed by atoms with Crippen LogP contribution in [0.4, 0.5) is 14.5 Å². The van der Waals surface area contributed by atoms with Gasteiger partial charge in [-0.25, -0.2) is 13.1 Å². The summed E-state index contributed by atoms with van der Waals surface area (Å²) < 4.78 is 56.5. The first kappa shape index (κ1) is 19.0. The fourth-order valence-corrected chi connectivity index (χ4v) is 4.70. The Labute approximate surface area is 151 Å². The SMILES string of the molecule is O=C1C(NS(=O)(=O)CCC2CCC2)CCN1c1ccccc1OC(F)F. The minimum atomic E-state index is -3.55. The number of benzene rings is 1. The van der Waals surface area contributed by atoms with Crippen molar-refractivity contribution in [1.29, 1.82) is 0 Å². The Balaban J connectivity index is 1.64. The molecule has 26 heavy (non-hydrogen) atoms. The van der Waals surface area contributed by atoms with E-state index >= 15 is 0 Å². The Bertz CT molecular complexity index is 753. The van der Waals surface area contributed by atoms with Crippen molar-refractivity contribution in [1.82, 2.24) is 4.72 Å². The first-order valence-corrected chi connectivity index (χ1v) is 10.4. The van der Waals surface area contributed by atoms with Gasteiger partial charge in [-0.1, -0.05) is 31.4 Å². The Morgan fingerprint density at radius 3 is 2.62 bits per heavy atom. The molecular formula is C17H22F2N2O4S. The van der Waals surface area contributed by atoms with E-state index < -0.39 is 28.6 Å². The normalized spacial score (nSPS) is 21.3. The van der Waals surface area contributed by atoms with Crippen molar-refractivity contribution >= 4 is 21.6 Å². The number of amides is 1. The molecule has 1 saturated heterocycles. The van der Waals surface area contributed by atoms with Crippen LogP contribution in [0.1, 0.15) is 32.1 Å². The fraction of sp³-hybridized carbons (Fsp3) is 0.588. The van der Waals surface area contributed by atoms with E-state index in [1.54, 1.807) is 6.07 Å². The quantitative estimate of drug-likeness (QED) is 0.743. The number of carbonyl (C=O) groups is 1. The Morgan fingerprint density at radius 2 is 1.96 bits per heavy atom. The third-order valence-corrected chi connectivity index (χ3v) is 6.34. The van der Waals surface area contributed by atoms with Crippen molar-refractivity contribution in [2.24, 2.45) is 5.92 Å². The summed E-state index contributed by atoms with van der Waals surface area (Å²) in [5.41, 5.74) is 0.217. The maximum absolute atomic E-state index is 12.6. The lowest BCUT2D eigenvalue weighted by atomic mass is 9.84. The second-order valence-corrected chi connectivity index (χ2v) is 8.57. The Hall–Kier alpha value is -1.74. The van der Waals surface area contributed by atoms with Gasteiger partial charge in [-0.05, 0) is 30.9 Å². The van der Waals surface area contributed by atoms with Crippen LogP contribution in [0.5, 0.6) is 5.75 Å². The van der Waals surface area contributed by atoms with Crippen molar-refractivity contribution in [3.05, 3.63) is 24.3 Å². The van der Waals surface area contributed by atoms with Crippen molar-refractivity contribution in [3.8, 4) is 5.75 Å². The molecule has 1 atom stereocenters. The maximum Gasteiger partial charge on any atom is 0.387 e. The van der Waals surface area contributed by atoms with Gasteiger partial charge in [-0.2, -0.15) is 8.78 Å². The van der Waals surface area contributed by atoms with Gasteiger partial charge in [0.25, 0.3) is 0 Å². The average molecular weight is 388 g/mol. The van der Waals surface area contributed by atoms with Crippen LogP contribution in [-0.2, 0) is 14.8 Å². The molecule has 1 amide bonds. The van der Waals surface area contributed by atoms with E-state index in [1.165, 1.54) is 23.1 Å². The van der Waals surface area contributed by atoms with Crippen molar-refractivity contribution in [3.63, 3.8) is 0 Å². The minimum absolute atomic E-state index is 0.00648. The lowest BCUT2D eigenvalue weighted by Gasteiger charge is -2.25. The second-order valence-electron chi connectivity index (χ2n) is 6.70. The van der Waals surface area contributed by atoms with Crippen LogP contribution in [-0.4, -0.2) is 39.3 Å². The first-order valence-electron chi connectivity index (χ1n) is 8.71. The van der Waals surface area contributed by atoms with E-state index in [2.05, 4.69) is 9.46 Å². The summed E-state index contributed by atoms with van der Waals surface area (Å²) in [6.07, 6.45) is 4.16. The van der Waals surface area contributed by atoms with Crippen LogP contribution in [0.3, 0.4) is 0 Å². The molecule has 0 bridgehead atoms. The van der Waals surface area contributed by atoms with Gasteiger partial charge in [0, 0.05) is 6.54 Å². The second kappa shape index (κ2) is 7.87. The number of hydrogen-bond acceptors (Lipinski definition) is 4. The summed E-state index contributed by atoms with van der Waals surface area (Å²) >= 11 is 0. The molecule has 1 aliphatic carbocycles. The molecule has 9 heteroatoms. The molecule has 1 saturated carbocycles. The smallest absolute Gasteiger partial charge is 0.387 e. The van der Waals surface area contributed by atoms with Crippen LogP contribution in [0.2, 0.25) is 0 Å². The molecule has 1 unspecified atom stereocenters. The van der Waals surface area contributed by atoms with Crippen molar-refractivity contribution < 1.29 is 26.7 Å². The molecule has 6 nitrogen and oxygen atoms in total. The lowest BCUT2D eigenvalue weighted by molar-refractivity contribution is -0.118. The van der Waals surface area contributed by atoms with Gasteiger partial charge in [0.2, 0.25) is 15.9 Å². The summed E-state index contributed by atoms with van der Waals surface area (Å²) in [5.74, 6) is -0.0976. The number of halogens is 2. The largest absolute Gasteiger partial charge is 0.433 e. The summed E-state index contributed by atoms with van der Waals surface area (Å²) in [7, 11) is -3.55. The predicted molar refractivity (Wildman–Crippen MR) is 92.7 cm³/mol. The molecule has 1 aromatic rings. The van der Waals surface area contributed by atoms with E-state index in [-0.39, 0.29) is 30.2 Å². The highest BCUT2D eigenvalue weighted by atomic mass is 32.2. The predicted octanol–water partition coefficient (Wildman–Crippen LogP) is 2.50. The number of rotatable bonds is 8. The Morgan fingerprint density at radius 1 is 1.23 bits per heavy atom. The summed E-state index contributed by atoms with van der Waals surface area (Å²) in [6.45, 7) is -2.77. The number of carbonyl (C=O) groups excluding carboxylic acids is 1. The van der Waals surface area contributed by atoms with Gasteiger partial charge in [0.1, 0.15) is 11.8 Å². The highest BCUT2D eigenvalue weighted by Gasteiger charge is 2.36. The number of hydrogen-bond donors (Lipinski definition) is 1. The van der Waals surface area contributed by atoms with Gasteiger partial charge in [0.15, 0.2) is 0 Å². The zero-order valence-corrected chi connectivity index (χ0v) is 15.1. The average Bonchev–Trinajstić information content (AvgIpc) is 2.86. The van der Waals surface area contributed by atoms with E-state index in [0.717, 1.165) is 19.3 Å². The molecule has 3 rings (SSSR count). The lowest BCUT2D eigenvalue weighted by Crippen LogP contribution is -2.42. The molecule has 1 aromatic carbocycles. The van der Waals surface area contributed by atoms with Gasteiger partial charge in [-0.3, -0.25) is 4.79 Å². The van der Waals surface area contributed by atoms with Gasteiger partial charge >= 0.3 is 6.61 Å². The maximum atomic E-state index is 12.6. The molecule has 144 valence electrons. The topological polar surface area (TPSA) is 75.7 Å². The van der Waals surface area contributed by atoms with Crippen LogP contribution in [0.15, 0.2) is 24.3 Å². The molecule has 0 radical (unpaired) electrons. The third kappa shape index (κ3) is 4.50. The number of ether oxygens (including phenoxy) is 1. The first-order chi connectivity index (χ1) is 12.4. The summed E-state index contributed by atoms with van der Waals surface area (Å²) in [6, 6.07) is 5.12. The zero-order chi connectivity index (χ0) is 18.7. The third-order valence-electron chi connectivity index (χ3n) is 4.92. The molecule has 2 aliphatic rings. The summed E-state index contributed by atoms with van der Waals surface area (Å²) in [4.78, 5) is 13.9. The standard InChI is InChI=1S/C17H22F2N2O4S/c18-17(19)25-15-7-2-1-6-14(15)21-10-8-13(16(21)22)20-26(23,24)11-9-12-4-3-5-12/h1-2,6-7,12-13,17,20H,3-5,8-11H2. The van der Waals surface area contributed by atoms with Crippen LogP contribution in [0, 0.1) is 5.92 Å². The fourth-order valence-electron chi connectivity index (χ4n) is 3.28. The molecule has 1 aliphatic heterocycles. The minimum Gasteiger partial charge on any atom is -0.433 e. The molecule has 0 spiro atoms. The monoisotopic (exact) mass is 388 g/mol.